The Hall–Kier alpha value is -3.20. The molecule has 0 saturated heterocycles. The largest absolute Gasteiger partial charge is 0.497 e. The van der Waals surface area contributed by atoms with E-state index in [9.17, 15) is 10.1 Å². The molecule has 0 amide bonds. The highest BCUT2D eigenvalue weighted by molar-refractivity contribution is 5.55. The predicted molar refractivity (Wildman–Crippen MR) is 82.0 cm³/mol. The van der Waals surface area contributed by atoms with Crippen LogP contribution in [0, 0.1) is 18.3 Å². The van der Waals surface area contributed by atoms with Crippen LogP contribution in [0.4, 0.5) is 0 Å². The second-order valence-corrected chi connectivity index (χ2v) is 5.12. The molecule has 0 spiro atoms. The molecule has 1 aromatic carbocycles. The second kappa shape index (κ2) is 5.54. The zero-order chi connectivity index (χ0) is 16.6. The monoisotopic (exact) mass is 310 g/mol. The van der Waals surface area contributed by atoms with Gasteiger partial charge in [-0.15, -0.1) is 0 Å². The number of hydrogen-bond acceptors (Lipinski definition) is 6. The number of benzene rings is 1. The van der Waals surface area contributed by atoms with Gasteiger partial charge in [-0.25, -0.2) is 4.79 Å². The van der Waals surface area contributed by atoms with E-state index in [0.717, 1.165) is 0 Å². The first kappa shape index (κ1) is 14.7. The molecule has 6 heteroatoms. The molecule has 0 unspecified atom stereocenters. The summed E-state index contributed by atoms with van der Waals surface area (Å²) in [7, 11) is 1.55. The van der Waals surface area contributed by atoms with Gasteiger partial charge in [-0.05, 0) is 24.6 Å². The predicted octanol–water partition coefficient (Wildman–Crippen LogP) is 2.17. The third-order valence-electron chi connectivity index (χ3n) is 3.68. The maximum Gasteiger partial charge on any atom is 0.343 e. The van der Waals surface area contributed by atoms with Crippen LogP contribution in [0.25, 0.3) is 0 Å². The molecule has 2 heterocycles. The smallest absolute Gasteiger partial charge is 0.343 e. The highest BCUT2D eigenvalue weighted by atomic mass is 16.5. The number of allylic oxidation sites excluding steroid dienone is 1. The zero-order valence-corrected chi connectivity index (χ0v) is 12.6. The molecule has 1 atom stereocenters. The van der Waals surface area contributed by atoms with Gasteiger partial charge in [0.15, 0.2) is 0 Å². The second-order valence-electron chi connectivity index (χ2n) is 5.12. The van der Waals surface area contributed by atoms with Crippen LogP contribution in [0.3, 0.4) is 0 Å². The van der Waals surface area contributed by atoms with Crippen LogP contribution >= 0.6 is 0 Å². The van der Waals surface area contributed by atoms with E-state index < -0.39 is 11.5 Å². The van der Waals surface area contributed by atoms with Crippen LogP contribution in [-0.2, 0) is 0 Å². The number of methoxy groups -OCH3 is 1. The Labute approximate surface area is 132 Å². The Bertz CT molecular complexity index is 906. The minimum absolute atomic E-state index is 0.0159. The molecule has 1 aliphatic rings. The minimum atomic E-state index is -0.657. The number of nitrogens with two attached hydrogens (primary N) is 1. The van der Waals surface area contributed by atoms with Crippen molar-refractivity contribution in [3.8, 4) is 17.6 Å². The highest BCUT2D eigenvalue weighted by Crippen LogP contribution is 2.41. The quantitative estimate of drug-likeness (QED) is 0.912. The fourth-order valence-electron chi connectivity index (χ4n) is 2.67. The van der Waals surface area contributed by atoms with Gasteiger partial charge in [-0.3, -0.25) is 0 Å². The molecule has 0 fully saturated rings. The van der Waals surface area contributed by atoms with Gasteiger partial charge in [-0.1, -0.05) is 12.1 Å². The maximum atomic E-state index is 12.3. The normalized spacial score (nSPS) is 16.3. The molecule has 0 bridgehead atoms. The SMILES string of the molecule is COc1cccc([C@H]2C(C#N)=C(N)Oc3cc(C)oc(=O)c32)c1. The van der Waals surface area contributed by atoms with Gasteiger partial charge < -0.3 is 19.6 Å². The molecule has 2 aromatic rings. The topological polar surface area (TPSA) is 98.5 Å². The van der Waals surface area contributed by atoms with Gasteiger partial charge >= 0.3 is 5.63 Å². The number of nitriles is 1. The van der Waals surface area contributed by atoms with E-state index in [1.807, 2.05) is 6.07 Å². The number of rotatable bonds is 2. The van der Waals surface area contributed by atoms with Gasteiger partial charge in [0.05, 0.1) is 18.6 Å². The Balaban J connectivity index is 2.29. The summed E-state index contributed by atoms with van der Waals surface area (Å²) < 4.78 is 15.8. The van der Waals surface area contributed by atoms with Crippen molar-refractivity contribution in [1.82, 2.24) is 0 Å². The lowest BCUT2D eigenvalue weighted by atomic mass is 9.84. The van der Waals surface area contributed by atoms with Gasteiger partial charge in [0, 0.05) is 6.07 Å². The van der Waals surface area contributed by atoms with E-state index >= 15 is 0 Å². The average Bonchev–Trinajstić information content (AvgIpc) is 2.53. The van der Waals surface area contributed by atoms with Gasteiger partial charge in [0.25, 0.3) is 0 Å². The molecule has 1 aliphatic heterocycles. The number of hydrogen-bond donors (Lipinski definition) is 1. The van der Waals surface area contributed by atoms with Crippen LogP contribution < -0.4 is 20.8 Å². The first-order valence-electron chi connectivity index (χ1n) is 6.91. The van der Waals surface area contributed by atoms with Crippen molar-refractivity contribution in [2.24, 2.45) is 5.73 Å². The summed E-state index contributed by atoms with van der Waals surface area (Å²) in [5.41, 5.74) is 6.45. The van der Waals surface area contributed by atoms with Crippen LogP contribution in [0.1, 0.15) is 22.8 Å². The lowest BCUT2D eigenvalue weighted by molar-refractivity contribution is 0.371. The van der Waals surface area contributed by atoms with Gasteiger partial charge in [0.2, 0.25) is 5.88 Å². The van der Waals surface area contributed by atoms with Crippen LogP contribution in [-0.4, -0.2) is 7.11 Å². The fraction of sp³-hybridized carbons (Fsp3) is 0.176. The lowest BCUT2D eigenvalue weighted by Crippen LogP contribution is -2.26. The number of ether oxygens (including phenoxy) is 2. The van der Waals surface area contributed by atoms with Crippen molar-refractivity contribution in [3.63, 3.8) is 0 Å². The summed E-state index contributed by atoms with van der Waals surface area (Å²) in [6.45, 7) is 1.64. The van der Waals surface area contributed by atoms with E-state index in [1.54, 1.807) is 44.4 Å². The van der Waals surface area contributed by atoms with Crippen molar-refractivity contribution < 1.29 is 13.9 Å². The van der Waals surface area contributed by atoms with Crippen LogP contribution in [0.5, 0.6) is 11.5 Å². The summed E-state index contributed by atoms with van der Waals surface area (Å²) in [5.74, 6) is 0.658. The highest BCUT2D eigenvalue weighted by Gasteiger charge is 2.34. The van der Waals surface area contributed by atoms with E-state index in [2.05, 4.69) is 0 Å². The minimum Gasteiger partial charge on any atom is -0.497 e. The fourth-order valence-corrected chi connectivity index (χ4v) is 2.67. The molecular weight excluding hydrogens is 296 g/mol. The summed E-state index contributed by atoms with van der Waals surface area (Å²) in [6, 6.07) is 10.7. The average molecular weight is 310 g/mol. The van der Waals surface area contributed by atoms with E-state index in [4.69, 9.17) is 19.6 Å². The Morgan fingerprint density at radius 3 is 2.83 bits per heavy atom. The molecule has 2 N–H and O–H groups in total. The molecular formula is C17H14N2O4. The number of fused-ring (bicyclic) bond motifs is 1. The summed E-state index contributed by atoms with van der Waals surface area (Å²) in [4.78, 5) is 12.3. The van der Waals surface area contributed by atoms with Crippen molar-refractivity contribution in [2.75, 3.05) is 7.11 Å². The molecule has 0 radical (unpaired) electrons. The first-order chi connectivity index (χ1) is 11.0. The molecule has 0 saturated carbocycles. The third kappa shape index (κ3) is 2.42. The summed E-state index contributed by atoms with van der Waals surface area (Å²) in [6.07, 6.45) is 0. The zero-order valence-electron chi connectivity index (χ0n) is 12.6. The van der Waals surface area contributed by atoms with Crippen molar-refractivity contribution >= 4 is 0 Å². The van der Waals surface area contributed by atoms with E-state index in [-0.39, 0.29) is 17.0 Å². The van der Waals surface area contributed by atoms with E-state index in [1.165, 1.54) is 0 Å². The molecule has 0 aliphatic carbocycles. The maximum absolute atomic E-state index is 12.3. The molecule has 116 valence electrons. The van der Waals surface area contributed by atoms with Crippen LogP contribution in [0.2, 0.25) is 0 Å². The van der Waals surface area contributed by atoms with Crippen molar-refractivity contribution in [1.29, 1.82) is 5.26 Å². The van der Waals surface area contributed by atoms with Crippen molar-refractivity contribution in [3.05, 3.63) is 69.1 Å². The van der Waals surface area contributed by atoms with Crippen molar-refractivity contribution in [2.45, 2.75) is 12.8 Å². The Morgan fingerprint density at radius 2 is 2.13 bits per heavy atom. The van der Waals surface area contributed by atoms with Gasteiger partial charge in [0.1, 0.15) is 28.9 Å². The lowest BCUT2D eigenvalue weighted by Gasteiger charge is -2.25. The molecule has 6 nitrogen and oxygen atoms in total. The molecule has 1 aromatic heterocycles. The molecule has 23 heavy (non-hydrogen) atoms. The summed E-state index contributed by atoms with van der Waals surface area (Å²) >= 11 is 0. The Morgan fingerprint density at radius 1 is 1.35 bits per heavy atom. The number of aryl methyl sites for hydroxylation is 1. The molecule has 3 rings (SSSR count). The standard InChI is InChI=1S/C17H14N2O4/c1-9-6-13-15(17(20)22-9)14(12(8-18)16(19)23-13)10-4-3-5-11(7-10)21-2/h3-7,14H,19H2,1-2H3/t14-/m0/s1. The number of nitrogens with zero attached hydrogens (tertiary/aromatic N) is 1. The Kier molecular flexibility index (Phi) is 3.54. The first-order valence-corrected chi connectivity index (χ1v) is 6.91. The van der Waals surface area contributed by atoms with E-state index in [0.29, 0.717) is 22.8 Å². The van der Waals surface area contributed by atoms with Crippen LogP contribution in [0.15, 0.2) is 51.0 Å². The van der Waals surface area contributed by atoms with Gasteiger partial charge in [-0.2, -0.15) is 5.26 Å². The summed E-state index contributed by atoms with van der Waals surface area (Å²) in [5, 5.41) is 9.46. The third-order valence-corrected chi connectivity index (χ3v) is 3.68.